The van der Waals surface area contributed by atoms with Crippen molar-refractivity contribution in [3.8, 4) is 0 Å². The predicted octanol–water partition coefficient (Wildman–Crippen LogP) is 2.17. The zero-order valence-electron chi connectivity index (χ0n) is 13.0. The molecule has 0 spiro atoms. The highest BCUT2D eigenvalue weighted by Crippen LogP contribution is 2.34. The second-order valence-corrected chi connectivity index (χ2v) is 6.40. The van der Waals surface area contributed by atoms with Crippen molar-refractivity contribution in [2.75, 3.05) is 6.54 Å². The number of hydrogen-bond acceptors (Lipinski definition) is 3. The quantitative estimate of drug-likeness (QED) is 0.931. The molecule has 3 atom stereocenters. The minimum atomic E-state index is -0.321. The third-order valence-electron chi connectivity index (χ3n) is 4.61. The molecule has 2 aliphatic rings. The highest BCUT2D eigenvalue weighted by atomic mass is 16.6. The molecule has 3 rings (SSSR count). The van der Waals surface area contributed by atoms with E-state index in [0.29, 0.717) is 6.54 Å². The molecule has 1 N–H and O–H groups in total. The molecule has 5 nitrogen and oxygen atoms in total. The maximum Gasteiger partial charge on any atom is 0.410 e. The summed E-state index contributed by atoms with van der Waals surface area (Å²) in [5.41, 5.74) is 0.965. The predicted molar refractivity (Wildman–Crippen MR) is 82.0 cm³/mol. The summed E-state index contributed by atoms with van der Waals surface area (Å²) in [6.45, 7) is 4.96. The van der Waals surface area contributed by atoms with E-state index in [1.807, 2.05) is 44.2 Å². The zero-order chi connectivity index (χ0) is 15.7. The Hall–Kier alpha value is -2.04. The number of carbonyl (C=O) groups is 2. The molecule has 5 heteroatoms. The molecule has 0 aliphatic carbocycles. The number of nitrogens with one attached hydrogen (secondary N) is 1. The minimum Gasteiger partial charge on any atom is -0.445 e. The van der Waals surface area contributed by atoms with E-state index in [9.17, 15) is 9.59 Å². The lowest BCUT2D eigenvalue weighted by Gasteiger charge is -2.28. The molecular weight excluding hydrogens is 280 g/mol. The van der Waals surface area contributed by atoms with Gasteiger partial charge in [0.2, 0.25) is 5.91 Å². The van der Waals surface area contributed by atoms with Crippen molar-refractivity contribution in [2.24, 2.45) is 11.8 Å². The van der Waals surface area contributed by atoms with E-state index in [1.165, 1.54) is 0 Å². The van der Waals surface area contributed by atoms with Crippen molar-refractivity contribution in [1.82, 2.24) is 10.2 Å². The minimum absolute atomic E-state index is 0.0607. The van der Waals surface area contributed by atoms with Crippen LogP contribution in [0.25, 0.3) is 0 Å². The van der Waals surface area contributed by atoms with E-state index in [4.69, 9.17) is 4.74 Å². The number of carbonyl (C=O) groups excluding carboxylic acids is 2. The number of hydrogen-bond donors (Lipinski definition) is 1. The van der Waals surface area contributed by atoms with E-state index >= 15 is 0 Å². The summed E-state index contributed by atoms with van der Waals surface area (Å²) in [7, 11) is 0. The van der Waals surface area contributed by atoms with Gasteiger partial charge in [0.05, 0.1) is 18.0 Å². The number of nitrogens with zero attached hydrogens (tertiary/aromatic N) is 1. The van der Waals surface area contributed by atoms with E-state index in [-0.39, 0.29) is 42.5 Å². The van der Waals surface area contributed by atoms with Crippen LogP contribution >= 0.6 is 0 Å². The van der Waals surface area contributed by atoms with Gasteiger partial charge >= 0.3 is 6.09 Å². The second kappa shape index (κ2) is 5.99. The number of benzene rings is 1. The topological polar surface area (TPSA) is 58.6 Å². The maximum absolute atomic E-state index is 12.4. The SMILES string of the molecule is CC(C)[C@@H]1C(=O)N[C@H]2CCN(C(=O)OCc3ccccc3)[C@H]21. The molecule has 0 unspecified atom stereocenters. The van der Waals surface area contributed by atoms with Crippen molar-refractivity contribution in [3.63, 3.8) is 0 Å². The zero-order valence-corrected chi connectivity index (χ0v) is 13.0. The monoisotopic (exact) mass is 302 g/mol. The summed E-state index contributed by atoms with van der Waals surface area (Å²) >= 11 is 0. The molecule has 2 heterocycles. The third-order valence-corrected chi connectivity index (χ3v) is 4.61. The molecular formula is C17H22N2O3. The van der Waals surface area contributed by atoms with Gasteiger partial charge in [-0.3, -0.25) is 4.79 Å². The lowest BCUT2D eigenvalue weighted by atomic mass is 9.88. The molecule has 0 aromatic heterocycles. The van der Waals surface area contributed by atoms with Crippen LogP contribution in [0.4, 0.5) is 4.79 Å². The largest absolute Gasteiger partial charge is 0.445 e. The molecule has 0 radical (unpaired) electrons. The highest BCUT2D eigenvalue weighted by molar-refractivity contribution is 5.84. The molecule has 2 fully saturated rings. The Morgan fingerprint density at radius 3 is 2.77 bits per heavy atom. The Morgan fingerprint density at radius 2 is 2.09 bits per heavy atom. The highest BCUT2D eigenvalue weighted by Gasteiger charge is 2.51. The second-order valence-electron chi connectivity index (χ2n) is 6.40. The van der Waals surface area contributed by atoms with Crippen molar-refractivity contribution >= 4 is 12.0 Å². The number of ether oxygens (including phenoxy) is 1. The Bertz CT molecular complexity index is 558. The van der Waals surface area contributed by atoms with Gasteiger partial charge in [-0.25, -0.2) is 4.79 Å². The van der Waals surface area contributed by atoms with E-state index in [0.717, 1.165) is 12.0 Å². The van der Waals surface area contributed by atoms with Gasteiger partial charge in [0.1, 0.15) is 6.61 Å². The van der Waals surface area contributed by atoms with Gasteiger partial charge in [-0.05, 0) is 17.9 Å². The van der Waals surface area contributed by atoms with Crippen LogP contribution in [0, 0.1) is 11.8 Å². The van der Waals surface area contributed by atoms with Crippen LogP contribution in [-0.2, 0) is 16.1 Å². The molecule has 0 bridgehead atoms. The first kappa shape index (κ1) is 14.9. The molecule has 118 valence electrons. The summed E-state index contributed by atoms with van der Waals surface area (Å²) in [6.07, 6.45) is 0.485. The van der Waals surface area contributed by atoms with Gasteiger partial charge < -0.3 is 15.0 Å². The number of fused-ring (bicyclic) bond motifs is 1. The molecule has 22 heavy (non-hydrogen) atoms. The van der Waals surface area contributed by atoms with Crippen LogP contribution < -0.4 is 5.32 Å². The molecule has 2 saturated heterocycles. The lowest BCUT2D eigenvalue weighted by molar-refractivity contribution is -0.124. The molecule has 1 aromatic rings. The molecule has 2 aliphatic heterocycles. The normalized spacial score (nSPS) is 27.0. The number of likely N-dealkylation sites (tertiary alicyclic amines) is 1. The van der Waals surface area contributed by atoms with Crippen LogP contribution in [-0.4, -0.2) is 35.5 Å². The molecule has 2 amide bonds. The Kier molecular flexibility index (Phi) is 4.05. The van der Waals surface area contributed by atoms with Crippen LogP contribution in [0.3, 0.4) is 0 Å². The van der Waals surface area contributed by atoms with E-state index in [1.54, 1.807) is 4.90 Å². The van der Waals surface area contributed by atoms with Gasteiger partial charge in [-0.1, -0.05) is 44.2 Å². The smallest absolute Gasteiger partial charge is 0.410 e. The summed E-state index contributed by atoms with van der Waals surface area (Å²) in [5, 5.41) is 3.02. The Morgan fingerprint density at radius 1 is 1.36 bits per heavy atom. The lowest BCUT2D eigenvalue weighted by Crippen LogP contribution is -2.44. The standard InChI is InChI=1S/C17H22N2O3/c1-11(2)14-15-13(18-16(14)20)8-9-19(15)17(21)22-10-12-6-4-3-5-7-12/h3-7,11,13-15H,8-10H2,1-2H3,(H,18,20)/t13-,14-,15+/m0/s1. The maximum atomic E-state index is 12.4. The summed E-state index contributed by atoms with van der Waals surface area (Å²) in [6, 6.07) is 9.63. The molecule has 0 saturated carbocycles. The van der Waals surface area contributed by atoms with Gasteiger partial charge in [-0.15, -0.1) is 0 Å². The van der Waals surface area contributed by atoms with Gasteiger partial charge in [0.15, 0.2) is 0 Å². The fraction of sp³-hybridized carbons (Fsp3) is 0.529. The van der Waals surface area contributed by atoms with Crippen molar-refractivity contribution < 1.29 is 14.3 Å². The van der Waals surface area contributed by atoms with Crippen LogP contribution in [0.1, 0.15) is 25.8 Å². The first-order chi connectivity index (χ1) is 10.6. The van der Waals surface area contributed by atoms with Gasteiger partial charge in [0.25, 0.3) is 0 Å². The van der Waals surface area contributed by atoms with Gasteiger partial charge in [0, 0.05) is 6.54 Å². The van der Waals surface area contributed by atoms with Crippen molar-refractivity contribution in [3.05, 3.63) is 35.9 Å². The summed E-state index contributed by atoms with van der Waals surface area (Å²) in [4.78, 5) is 26.2. The van der Waals surface area contributed by atoms with Crippen LogP contribution in [0.15, 0.2) is 30.3 Å². The third kappa shape index (κ3) is 2.67. The fourth-order valence-corrected chi connectivity index (χ4v) is 3.56. The fourth-order valence-electron chi connectivity index (χ4n) is 3.56. The summed E-state index contributed by atoms with van der Waals surface area (Å²) < 4.78 is 5.43. The Labute approximate surface area is 130 Å². The average Bonchev–Trinajstić information content (AvgIpc) is 3.03. The first-order valence-corrected chi connectivity index (χ1v) is 7.85. The van der Waals surface area contributed by atoms with Crippen molar-refractivity contribution in [2.45, 2.75) is 39.0 Å². The van der Waals surface area contributed by atoms with Crippen LogP contribution in [0.2, 0.25) is 0 Å². The number of rotatable bonds is 3. The van der Waals surface area contributed by atoms with Crippen molar-refractivity contribution in [1.29, 1.82) is 0 Å². The number of amides is 2. The van der Waals surface area contributed by atoms with E-state index < -0.39 is 0 Å². The van der Waals surface area contributed by atoms with E-state index in [2.05, 4.69) is 5.32 Å². The van der Waals surface area contributed by atoms with Gasteiger partial charge in [-0.2, -0.15) is 0 Å². The molecule has 1 aromatic carbocycles. The first-order valence-electron chi connectivity index (χ1n) is 7.85. The van der Waals surface area contributed by atoms with Crippen LogP contribution in [0.5, 0.6) is 0 Å². The Balaban J connectivity index is 1.66. The average molecular weight is 302 g/mol. The summed E-state index contributed by atoms with van der Waals surface area (Å²) in [5.74, 6) is 0.125.